The van der Waals surface area contributed by atoms with Gasteiger partial charge in [-0.15, -0.1) is 0 Å². The van der Waals surface area contributed by atoms with Crippen molar-refractivity contribution in [3.05, 3.63) is 35.1 Å². The van der Waals surface area contributed by atoms with Gasteiger partial charge in [-0.25, -0.2) is 0 Å². The summed E-state index contributed by atoms with van der Waals surface area (Å²) in [6.07, 6.45) is 3.37. The van der Waals surface area contributed by atoms with Crippen molar-refractivity contribution in [2.45, 2.75) is 0 Å². The zero-order valence-electron chi connectivity index (χ0n) is 7.28. The van der Waals surface area contributed by atoms with Crippen LogP contribution in [0.2, 0.25) is 0 Å². The average molecular weight is 186 g/mol. The van der Waals surface area contributed by atoms with Gasteiger partial charge in [-0.2, -0.15) is 0 Å². The highest BCUT2D eigenvalue weighted by Gasteiger charge is 2.33. The molecule has 0 aromatic heterocycles. The minimum atomic E-state index is -0.0100. The SMILES string of the molecule is O=C1CN=C2COC3=C(C=C=C=C3)N12. The van der Waals surface area contributed by atoms with Crippen LogP contribution in [0.3, 0.4) is 0 Å². The van der Waals surface area contributed by atoms with Crippen LogP contribution in [0.4, 0.5) is 0 Å². The number of amidine groups is 1. The van der Waals surface area contributed by atoms with Crippen molar-refractivity contribution in [2.24, 2.45) is 4.99 Å². The van der Waals surface area contributed by atoms with Crippen LogP contribution >= 0.6 is 0 Å². The van der Waals surface area contributed by atoms with E-state index < -0.39 is 0 Å². The van der Waals surface area contributed by atoms with Gasteiger partial charge in [0.05, 0.1) is 0 Å². The number of allylic oxidation sites excluding steroid dienone is 2. The Balaban J connectivity index is 2.14. The highest BCUT2D eigenvalue weighted by atomic mass is 16.5. The van der Waals surface area contributed by atoms with E-state index in [4.69, 9.17) is 4.74 Å². The maximum atomic E-state index is 11.5. The Labute approximate surface area is 80.2 Å². The monoisotopic (exact) mass is 186 g/mol. The zero-order chi connectivity index (χ0) is 9.54. The van der Waals surface area contributed by atoms with Gasteiger partial charge in [-0.1, -0.05) is 11.5 Å². The first-order valence-electron chi connectivity index (χ1n) is 4.27. The molecule has 1 amide bonds. The molecule has 0 bridgehead atoms. The van der Waals surface area contributed by atoms with Crippen molar-refractivity contribution in [2.75, 3.05) is 13.2 Å². The first-order chi connectivity index (χ1) is 6.86. The van der Waals surface area contributed by atoms with Crippen LogP contribution in [0, 0.1) is 0 Å². The van der Waals surface area contributed by atoms with E-state index >= 15 is 0 Å². The van der Waals surface area contributed by atoms with E-state index in [0.717, 1.165) is 5.70 Å². The average Bonchev–Trinajstić information content (AvgIpc) is 2.61. The Morgan fingerprint density at radius 2 is 2.29 bits per heavy atom. The molecule has 0 radical (unpaired) electrons. The van der Waals surface area contributed by atoms with Gasteiger partial charge in [0.15, 0.2) is 5.76 Å². The maximum Gasteiger partial charge on any atom is 0.254 e. The van der Waals surface area contributed by atoms with Gasteiger partial charge in [0, 0.05) is 12.2 Å². The fraction of sp³-hybridized carbons (Fsp3) is 0.200. The van der Waals surface area contributed by atoms with E-state index in [2.05, 4.69) is 16.5 Å². The molecule has 0 unspecified atom stereocenters. The van der Waals surface area contributed by atoms with E-state index in [0.29, 0.717) is 18.2 Å². The molecule has 3 rings (SSSR count). The van der Waals surface area contributed by atoms with E-state index in [1.807, 2.05) is 0 Å². The number of amides is 1. The maximum absolute atomic E-state index is 11.5. The van der Waals surface area contributed by atoms with E-state index in [9.17, 15) is 4.79 Å². The summed E-state index contributed by atoms with van der Waals surface area (Å²) in [5.41, 5.74) is 6.31. The van der Waals surface area contributed by atoms with E-state index in [1.165, 1.54) is 0 Å². The Kier molecular flexibility index (Phi) is 1.31. The lowest BCUT2D eigenvalue weighted by Gasteiger charge is -2.26. The molecular weight excluding hydrogens is 180 g/mol. The van der Waals surface area contributed by atoms with Crippen LogP contribution in [0.5, 0.6) is 0 Å². The lowest BCUT2D eigenvalue weighted by Crippen LogP contribution is -2.38. The minimum absolute atomic E-state index is 0.0100. The Morgan fingerprint density at radius 1 is 1.43 bits per heavy atom. The molecule has 4 nitrogen and oxygen atoms in total. The van der Waals surface area contributed by atoms with Gasteiger partial charge in [0.25, 0.3) is 5.91 Å². The number of ether oxygens (including phenoxy) is 1. The number of fused-ring (bicyclic) bond motifs is 2. The van der Waals surface area contributed by atoms with Gasteiger partial charge >= 0.3 is 0 Å². The molecule has 0 fully saturated rings. The lowest BCUT2D eigenvalue weighted by atomic mass is 10.2. The van der Waals surface area contributed by atoms with Crippen LogP contribution in [0.1, 0.15) is 0 Å². The molecule has 0 atom stereocenters. The molecule has 2 aliphatic heterocycles. The molecule has 0 N–H and O–H groups in total. The molecule has 0 spiro atoms. The molecule has 68 valence electrons. The van der Waals surface area contributed by atoms with Gasteiger partial charge in [0.2, 0.25) is 0 Å². The minimum Gasteiger partial charge on any atom is -0.483 e. The largest absolute Gasteiger partial charge is 0.483 e. The van der Waals surface area contributed by atoms with Crippen LogP contribution in [-0.4, -0.2) is 29.8 Å². The first kappa shape index (κ1) is 7.39. The number of hydrogen-bond acceptors (Lipinski definition) is 3. The topological polar surface area (TPSA) is 41.9 Å². The van der Waals surface area contributed by atoms with E-state index in [-0.39, 0.29) is 12.5 Å². The Hall–Kier alpha value is -2.02. The van der Waals surface area contributed by atoms with Gasteiger partial charge in [-0.05, 0) is 0 Å². The van der Waals surface area contributed by atoms with Crippen LogP contribution in [0.25, 0.3) is 0 Å². The highest BCUT2D eigenvalue weighted by molar-refractivity contribution is 6.07. The van der Waals surface area contributed by atoms with Crippen LogP contribution in [0.15, 0.2) is 40.1 Å². The molecule has 0 aromatic rings. The van der Waals surface area contributed by atoms with Crippen LogP contribution < -0.4 is 0 Å². The molecular formula is C10H6N2O2. The molecule has 3 aliphatic rings. The molecule has 0 aromatic carbocycles. The van der Waals surface area contributed by atoms with Crippen molar-refractivity contribution in [3.8, 4) is 0 Å². The summed E-state index contributed by atoms with van der Waals surface area (Å²) in [5.74, 6) is 1.34. The molecule has 1 aliphatic carbocycles. The fourth-order valence-corrected chi connectivity index (χ4v) is 1.62. The third kappa shape index (κ3) is 0.839. The number of aliphatic imine (C=N–C) groups is 1. The van der Waals surface area contributed by atoms with Crippen molar-refractivity contribution >= 4 is 11.7 Å². The zero-order valence-corrected chi connectivity index (χ0v) is 7.28. The van der Waals surface area contributed by atoms with Gasteiger partial charge < -0.3 is 4.74 Å². The summed E-state index contributed by atoms with van der Waals surface area (Å²) in [6.45, 7) is 0.577. The van der Waals surface area contributed by atoms with Gasteiger partial charge in [-0.3, -0.25) is 14.7 Å². The number of rotatable bonds is 0. The number of carbonyl (C=O) groups is 1. The number of carbonyl (C=O) groups excluding carboxylic acids is 1. The van der Waals surface area contributed by atoms with Crippen molar-refractivity contribution < 1.29 is 9.53 Å². The smallest absolute Gasteiger partial charge is 0.254 e. The second-order valence-corrected chi connectivity index (χ2v) is 3.08. The predicted molar refractivity (Wildman–Crippen MR) is 48.3 cm³/mol. The van der Waals surface area contributed by atoms with E-state index in [1.54, 1.807) is 17.1 Å². The standard InChI is InChI=1S/C10H6N2O2/c13-10-5-11-9-6-14-8-4-2-1-3-7(8)12(9)10/h3-4H,5-6H2. The normalized spacial score (nSPS) is 22.1. The van der Waals surface area contributed by atoms with Gasteiger partial charge in [0.1, 0.15) is 24.7 Å². The summed E-state index contributed by atoms with van der Waals surface area (Å²) in [7, 11) is 0. The predicted octanol–water partition coefficient (Wildman–Crippen LogP) is 0.349. The molecule has 0 saturated carbocycles. The Bertz CT molecular complexity index is 486. The summed E-state index contributed by atoms with van der Waals surface area (Å²) in [5, 5.41) is 0. The second-order valence-electron chi connectivity index (χ2n) is 3.08. The summed E-state index contributed by atoms with van der Waals surface area (Å²) in [4.78, 5) is 17.2. The first-order valence-corrected chi connectivity index (χ1v) is 4.27. The second kappa shape index (κ2) is 2.48. The third-order valence-electron chi connectivity index (χ3n) is 2.25. The fourth-order valence-electron chi connectivity index (χ4n) is 1.62. The third-order valence-corrected chi connectivity index (χ3v) is 2.25. The van der Waals surface area contributed by atoms with Crippen LogP contribution in [-0.2, 0) is 9.53 Å². The Morgan fingerprint density at radius 3 is 3.21 bits per heavy atom. The van der Waals surface area contributed by atoms with Crippen molar-refractivity contribution in [3.63, 3.8) is 0 Å². The summed E-state index contributed by atoms with van der Waals surface area (Å²) < 4.78 is 5.41. The molecule has 2 heterocycles. The van der Waals surface area contributed by atoms with Crippen molar-refractivity contribution in [1.82, 2.24) is 4.90 Å². The molecule has 14 heavy (non-hydrogen) atoms. The highest BCUT2D eigenvalue weighted by Crippen LogP contribution is 2.24. The lowest BCUT2D eigenvalue weighted by molar-refractivity contribution is -0.123. The quantitative estimate of drug-likeness (QED) is 0.512. The molecule has 4 heteroatoms. The molecule has 0 saturated heterocycles. The van der Waals surface area contributed by atoms with Crippen molar-refractivity contribution in [1.29, 1.82) is 0 Å². The number of nitrogens with zero attached hydrogens (tertiary/aromatic N) is 2. The number of hydrogen-bond donors (Lipinski definition) is 0. The summed E-state index contributed by atoms with van der Waals surface area (Å²) >= 11 is 0. The summed E-state index contributed by atoms with van der Waals surface area (Å²) in [6, 6.07) is 0.